The molecule has 1 aliphatic heterocycles. The quantitative estimate of drug-likeness (QED) is 0.390. The normalized spacial score (nSPS) is 14.5. The molecule has 3 heterocycles. The lowest BCUT2D eigenvalue weighted by Gasteiger charge is -2.15. The highest BCUT2D eigenvalue weighted by atomic mass is 31.2. The molecule has 2 aromatic heterocycles. The van der Waals surface area contributed by atoms with Crippen molar-refractivity contribution in [3.05, 3.63) is 78.9 Å². The molecule has 0 unspecified atom stereocenters. The van der Waals surface area contributed by atoms with Gasteiger partial charge in [0.25, 0.3) is 0 Å². The minimum atomic E-state index is -2.99. The molecule has 1 aliphatic rings. The minimum Gasteiger partial charge on any atom is -0.342 e. The number of hydrogen-bond acceptors (Lipinski definition) is 1. The van der Waals surface area contributed by atoms with Crippen molar-refractivity contribution in [2.45, 2.75) is 0 Å². The molecule has 0 aliphatic carbocycles. The number of nitrogens with zero attached hydrogens (tertiary/aromatic N) is 2. The van der Waals surface area contributed by atoms with E-state index >= 15 is 4.57 Å². The van der Waals surface area contributed by atoms with Gasteiger partial charge in [0.15, 0.2) is 7.14 Å². The Labute approximate surface area is 163 Å². The Morgan fingerprint density at radius 1 is 0.607 bits per heavy atom. The van der Waals surface area contributed by atoms with Crippen molar-refractivity contribution in [1.29, 1.82) is 0 Å². The average Bonchev–Trinajstić information content (AvgIpc) is 3.31. The van der Waals surface area contributed by atoms with E-state index in [0.717, 1.165) is 49.1 Å². The molecular formula is C24H19N2OP. The van der Waals surface area contributed by atoms with Gasteiger partial charge in [-0.05, 0) is 12.1 Å². The predicted octanol–water partition coefficient (Wildman–Crippen LogP) is 4.29. The number of aromatic nitrogens is 2. The van der Waals surface area contributed by atoms with E-state index in [1.807, 2.05) is 54.6 Å². The SMILES string of the molecule is Cn1c2c(c3ccccc31)P(=O)(c1ccccc1)c1c-2n(C)c2ccccc12. The van der Waals surface area contributed by atoms with Crippen LogP contribution in [0.25, 0.3) is 33.2 Å². The van der Waals surface area contributed by atoms with E-state index in [2.05, 4.69) is 47.5 Å². The number of fused-ring (bicyclic) bond motifs is 7. The van der Waals surface area contributed by atoms with Crippen molar-refractivity contribution in [1.82, 2.24) is 9.13 Å². The molecule has 0 N–H and O–H groups in total. The van der Waals surface area contributed by atoms with Crippen LogP contribution in [-0.4, -0.2) is 9.13 Å². The molecule has 4 heteroatoms. The summed E-state index contributed by atoms with van der Waals surface area (Å²) < 4.78 is 19.5. The van der Waals surface area contributed by atoms with Crippen molar-refractivity contribution >= 4 is 44.9 Å². The molecule has 0 bridgehead atoms. The van der Waals surface area contributed by atoms with Gasteiger partial charge in [-0.3, -0.25) is 0 Å². The third-order valence-electron chi connectivity index (χ3n) is 6.13. The molecule has 5 aromatic rings. The van der Waals surface area contributed by atoms with E-state index < -0.39 is 7.14 Å². The minimum absolute atomic E-state index is 0.905. The van der Waals surface area contributed by atoms with Gasteiger partial charge in [0.05, 0.1) is 22.0 Å². The summed E-state index contributed by atoms with van der Waals surface area (Å²) in [7, 11) is 1.18. The van der Waals surface area contributed by atoms with E-state index in [1.165, 1.54) is 0 Å². The second-order valence-corrected chi connectivity index (χ2v) is 10.1. The molecule has 136 valence electrons. The molecule has 0 radical (unpaired) electrons. The maximum atomic E-state index is 15.1. The Morgan fingerprint density at radius 2 is 1.04 bits per heavy atom. The monoisotopic (exact) mass is 382 g/mol. The summed E-state index contributed by atoms with van der Waals surface area (Å²) in [6, 6.07) is 26.6. The van der Waals surface area contributed by atoms with Crippen molar-refractivity contribution in [3.8, 4) is 11.4 Å². The largest absolute Gasteiger partial charge is 0.342 e. The van der Waals surface area contributed by atoms with E-state index in [0.29, 0.717) is 0 Å². The van der Waals surface area contributed by atoms with Gasteiger partial charge in [-0.25, -0.2) is 0 Å². The molecule has 0 fully saturated rings. The lowest BCUT2D eigenvalue weighted by Crippen LogP contribution is -2.20. The number of benzene rings is 3. The molecule has 3 nitrogen and oxygen atoms in total. The molecule has 0 spiro atoms. The summed E-state index contributed by atoms with van der Waals surface area (Å²) >= 11 is 0. The second-order valence-electron chi connectivity index (χ2n) is 7.49. The zero-order valence-electron chi connectivity index (χ0n) is 15.8. The van der Waals surface area contributed by atoms with Gasteiger partial charge in [0, 0.05) is 41.2 Å². The van der Waals surface area contributed by atoms with Crippen LogP contribution in [0, 0.1) is 0 Å². The van der Waals surface area contributed by atoms with Crippen molar-refractivity contribution in [3.63, 3.8) is 0 Å². The van der Waals surface area contributed by atoms with Crippen molar-refractivity contribution < 1.29 is 4.57 Å². The van der Waals surface area contributed by atoms with E-state index in [1.54, 1.807) is 0 Å². The maximum Gasteiger partial charge on any atom is 0.176 e. The molecule has 3 aromatic carbocycles. The van der Waals surface area contributed by atoms with E-state index in [-0.39, 0.29) is 0 Å². The first-order chi connectivity index (χ1) is 13.6. The Bertz CT molecular complexity index is 1370. The first-order valence-corrected chi connectivity index (χ1v) is 11.2. The molecule has 0 amide bonds. The lowest BCUT2D eigenvalue weighted by molar-refractivity contribution is 0.593. The van der Waals surface area contributed by atoms with E-state index in [4.69, 9.17) is 0 Å². The lowest BCUT2D eigenvalue weighted by atomic mass is 10.2. The zero-order chi connectivity index (χ0) is 19.0. The van der Waals surface area contributed by atoms with Crippen LogP contribution >= 0.6 is 7.14 Å². The average molecular weight is 382 g/mol. The third kappa shape index (κ3) is 1.69. The summed E-state index contributed by atoms with van der Waals surface area (Å²) in [5.41, 5.74) is 4.42. The fourth-order valence-corrected chi connectivity index (χ4v) is 8.43. The zero-order valence-corrected chi connectivity index (χ0v) is 16.6. The summed E-state index contributed by atoms with van der Waals surface area (Å²) in [5, 5.41) is 5.06. The molecular weight excluding hydrogens is 363 g/mol. The van der Waals surface area contributed by atoms with Gasteiger partial charge in [-0.1, -0.05) is 66.7 Å². The highest BCUT2D eigenvalue weighted by Crippen LogP contribution is 2.56. The topological polar surface area (TPSA) is 26.9 Å². The van der Waals surface area contributed by atoms with E-state index in [9.17, 15) is 0 Å². The van der Waals surface area contributed by atoms with Crippen LogP contribution in [0.3, 0.4) is 0 Å². The predicted molar refractivity (Wildman–Crippen MR) is 118 cm³/mol. The van der Waals surface area contributed by atoms with Crippen LogP contribution in [0.5, 0.6) is 0 Å². The maximum absolute atomic E-state index is 15.1. The summed E-state index contributed by atoms with van der Waals surface area (Å²) in [6.45, 7) is 0. The number of aryl methyl sites for hydroxylation is 2. The van der Waals surface area contributed by atoms with Crippen molar-refractivity contribution in [2.24, 2.45) is 14.1 Å². The van der Waals surface area contributed by atoms with Crippen LogP contribution in [0.2, 0.25) is 0 Å². The second kappa shape index (κ2) is 5.27. The van der Waals surface area contributed by atoms with Gasteiger partial charge in [0.1, 0.15) is 0 Å². The fourth-order valence-electron chi connectivity index (χ4n) is 4.93. The van der Waals surface area contributed by atoms with Crippen LogP contribution < -0.4 is 15.9 Å². The summed E-state index contributed by atoms with van der Waals surface area (Å²) in [4.78, 5) is 0. The van der Waals surface area contributed by atoms with Crippen LogP contribution in [0.1, 0.15) is 0 Å². The fraction of sp³-hybridized carbons (Fsp3) is 0.0833. The van der Waals surface area contributed by atoms with Crippen LogP contribution in [0.4, 0.5) is 0 Å². The standard InChI is InChI=1S/C24H19N2OP/c1-25-19-14-8-6-12-17(19)23-21(25)22-24(18-13-7-9-15-20(18)26(22)2)28(23,27)16-10-4-3-5-11-16/h3-15H,1-2H3. The van der Waals surface area contributed by atoms with Crippen molar-refractivity contribution in [2.75, 3.05) is 0 Å². The summed E-state index contributed by atoms with van der Waals surface area (Å²) in [5.74, 6) is 0. The molecule has 6 rings (SSSR count). The molecule has 0 atom stereocenters. The van der Waals surface area contributed by atoms with Gasteiger partial charge >= 0.3 is 0 Å². The Kier molecular flexibility index (Phi) is 3.01. The van der Waals surface area contributed by atoms with Gasteiger partial charge in [-0.2, -0.15) is 0 Å². The Hall–Kier alpha value is -3.03. The highest BCUT2D eigenvalue weighted by Gasteiger charge is 2.47. The number of para-hydroxylation sites is 2. The number of hydrogen-bond donors (Lipinski definition) is 0. The first kappa shape index (κ1) is 16.0. The van der Waals surface area contributed by atoms with Crippen LogP contribution in [0.15, 0.2) is 78.9 Å². The number of rotatable bonds is 1. The Balaban J connectivity index is 1.91. The molecule has 0 saturated carbocycles. The third-order valence-corrected chi connectivity index (χ3v) is 9.32. The van der Waals surface area contributed by atoms with Gasteiger partial charge in [-0.15, -0.1) is 0 Å². The Morgan fingerprint density at radius 3 is 1.54 bits per heavy atom. The van der Waals surface area contributed by atoms with Gasteiger partial charge < -0.3 is 13.7 Å². The molecule has 0 saturated heterocycles. The summed E-state index contributed by atoms with van der Waals surface area (Å²) in [6.07, 6.45) is 0. The van der Waals surface area contributed by atoms with Gasteiger partial charge in [0.2, 0.25) is 0 Å². The first-order valence-electron chi connectivity index (χ1n) is 9.46. The van der Waals surface area contributed by atoms with Crippen LogP contribution in [-0.2, 0) is 18.7 Å². The molecule has 28 heavy (non-hydrogen) atoms. The highest BCUT2D eigenvalue weighted by molar-refractivity contribution is 7.87. The smallest absolute Gasteiger partial charge is 0.176 e.